The topological polar surface area (TPSA) is 106 Å². The van der Waals surface area contributed by atoms with Crippen molar-refractivity contribution in [2.24, 2.45) is 0 Å². The molecule has 10 heteroatoms. The molecule has 0 aromatic heterocycles. The maximum Gasteiger partial charge on any atom is 0.290 e. The minimum atomic E-state index is -4.14. The van der Waals surface area contributed by atoms with Crippen LogP contribution in [0.1, 0.15) is 18.5 Å². The molecule has 134 valence electrons. The molecule has 0 spiro atoms. The summed E-state index contributed by atoms with van der Waals surface area (Å²) in [6.07, 6.45) is 1.54. The highest BCUT2D eigenvalue weighted by molar-refractivity contribution is 7.89. The predicted molar refractivity (Wildman–Crippen MR) is 95.6 cm³/mol. The molecule has 7 nitrogen and oxygen atoms in total. The Kier molecular flexibility index (Phi) is 5.94. The normalized spacial score (nSPS) is 14.0. The molecule has 1 N–H and O–H groups in total. The van der Waals surface area contributed by atoms with Gasteiger partial charge in [-0.25, -0.2) is 13.1 Å². The van der Waals surface area contributed by atoms with E-state index in [0.717, 1.165) is 12.1 Å². The fraction of sp³-hybridized carbons (Fsp3) is 0.200. The van der Waals surface area contributed by atoms with Crippen molar-refractivity contribution in [1.82, 2.24) is 4.72 Å². The molecular weight excluding hydrogens is 388 g/mol. The molecule has 2 aromatic carbocycles. The van der Waals surface area contributed by atoms with Crippen LogP contribution in [0, 0.1) is 10.1 Å². The van der Waals surface area contributed by atoms with Gasteiger partial charge in [0, 0.05) is 39.1 Å². The van der Waals surface area contributed by atoms with Gasteiger partial charge in [-0.15, -0.1) is 0 Å². The Bertz CT molecular complexity index is 929. The van der Waals surface area contributed by atoms with E-state index in [1.165, 1.54) is 6.07 Å². The van der Waals surface area contributed by atoms with Crippen molar-refractivity contribution in [2.75, 3.05) is 6.26 Å². The second-order valence-corrected chi connectivity index (χ2v) is 8.73. The zero-order chi connectivity index (χ0) is 18.8. The molecule has 0 saturated carbocycles. The van der Waals surface area contributed by atoms with E-state index in [-0.39, 0.29) is 5.02 Å². The standard InChI is InChI=1S/C15H15ClN2O5S2/c1-10(11-3-6-13(7-4-11)24(2)21)17-25(22,23)15-8-5-12(16)9-14(15)18(19)20/h3-10,17H,1-2H3. The van der Waals surface area contributed by atoms with Gasteiger partial charge in [0.2, 0.25) is 10.0 Å². The summed E-state index contributed by atoms with van der Waals surface area (Å²) >= 11 is 5.71. The molecule has 25 heavy (non-hydrogen) atoms. The first-order valence-corrected chi connectivity index (χ1v) is 10.4. The third-order valence-corrected chi connectivity index (χ3v) is 6.21. The summed E-state index contributed by atoms with van der Waals surface area (Å²) in [6, 6.07) is 9.31. The number of rotatable bonds is 6. The molecule has 0 radical (unpaired) electrons. The van der Waals surface area contributed by atoms with Crippen molar-refractivity contribution < 1.29 is 17.6 Å². The van der Waals surface area contributed by atoms with Gasteiger partial charge in [-0.05, 0) is 36.8 Å². The summed E-state index contributed by atoms with van der Waals surface area (Å²) in [7, 11) is -5.27. The van der Waals surface area contributed by atoms with E-state index in [1.54, 1.807) is 37.4 Å². The highest BCUT2D eigenvalue weighted by atomic mass is 35.5. The summed E-state index contributed by atoms with van der Waals surface area (Å²) in [6.45, 7) is 1.61. The highest BCUT2D eigenvalue weighted by Gasteiger charge is 2.27. The van der Waals surface area contributed by atoms with Gasteiger partial charge in [-0.3, -0.25) is 14.3 Å². The van der Waals surface area contributed by atoms with E-state index in [1.807, 2.05) is 0 Å². The Morgan fingerprint density at radius 2 is 1.80 bits per heavy atom. The van der Waals surface area contributed by atoms with Gasteiger partial charge in [0.25, 0.3) is 5.69 Å². The maximum absolute atomic E-state index is 12.5. The van der Waals surface area contributed by atoms with Gasteiger partial charge in [0.1, 0.15) is 0 Å². The second-order valence-electron chi connectivity index (χ2n) is 5.24. The predicted octanol–water partition coefficient (Wildman–Crippen LogP) is 3.03. The van der Waals surface area contributed by atoms with Crippen molar-refractivity contribution in [1.29, 1.82) is 0 Å². The van der Waals surface area contributed by atoms with E-state index in [9.17, 15) is 22.7 Å². The van der Waals surface area contributed by atoms with Crippen LogP contribution in [-0.4, -0.2) is 23.8 Å². The van der Waals surface area contributed by atoms with Crippen molar-refractivity contribution in [2.45, 2.75) is 22.8 Å². The lowest BCUT2D eigenvalue weighted by Gasteiger charge is -2.15. The van der Waals surface area contributed by atoms with E-state index < -0.39 is 42.4 Å². The van der Waals surface area contributed by atoms with Crippen LogP contribution in [0.15, 0.2) is 52.3 Å². The molecule has 0 aliphatic heterocycles. The zero-order valence-corrected chi connectivity index (χ0v) is 15.7. The molecule has 2 atom stereocenters. The first-order chi connectivity index (χ1) is 11.6. The van der Waals surface area contributed by atoms with Crippen LogP contribution in [0.25, 0.3) is 0 Å². The van der Waals surface area contributed by atoms with Crippen molar-refractivity contribution in [3.63, 3.8) is 0 Å². The second kappa shape index (κ2) is 7.61. The lowest BCUT2D eigenvalue weighted by Crippen LogP contribution is -2.27. The fourth-order valence-electron chi connectivity index (χ4n) is 2.17. The Morgan fingerprint density at radius 3 is 2.32 bits per heavy atom. The smallest absolute Gasteiger partial charge is 0.258 e. The average Bonchev–Trinajstić information content (AvgIpc) is 2.54. The summed E-state index contributed by atoms with van der Waals surface area (Å²) in [5.41, 5.74) is 0.0401. The minimum absolute atomic E-state index is 0.0712. The fourth-order valence-corrected chi connectivity index (χ4v) is 4.24. The Hall–Kier alpha value is -1.81. The van der Waals surface area contributed by atoms with Gasteiger partial charge in [-0.1, -0.05) is 23.7 Å². The van der Waals surface area contributed by atoms with E-state index in [4.69, 9.17) is 11.6 Å². The number of hydrogen-bond acceptors (Lipinski definition) is 5. The Morgan fingerprint density at radius 1 is 1.20 bits per heavy atom. The molecule has 0 fully saturated rings. The van der Waals surface area contributed by atoms with E-state index in [0.29, 0.717) is 10.5 Å². The summed E-state index contributed by atoms with van der Waals surface area (Å²) in [5.74, 6) is 0. The SMILES string of the molecule is CC(NS(=O)(=O)c1ccc(Cl)cc1[N+](=O)[O-])c1ccc(S(C)=O)cc1. The monoisotopic (exact) mass is 402 g/mol. The van der Waals surface area contributed by atoms with Gasteiger partial charge in [0.15, 0.2) is 4.90 Å². The van der Waals surface area contributed by atoms with Crippen LogP contribution in [0.3, 0.4) is 0 Å². The van der Waals surface area contributed by atoms with Crippen LogP contribution in [0.2, 0.25) is 5.02 Å². The molecule has 2 unspecified atom stereocenters. The van der Waals surface area contributed by atoms with Crippen LogP contribution < -0.4 is 4.72 Å². The number of nitro groups is 1. The van der Waals surface area contributed by atoms with Crippen LogP contribution in [0.5, 0.6) is 0 Å². The van der Waals surface area contributed by atoms with Gasteiger partial charge < -0.3 is 0 Å². The van der Waals surface area contributed by atoms with Crippen LogP contribution >= 0.6 is 11.6 Å². The molecule has 2 rings (SSSR count). The minimum Gasteiger partial charge on any atom is -0.258 e. The Balaban J connectivity index is 2.32. The molecule has 0 amide bonds. The molecule has 0 aliphatic rings. The maximum atomic E-state index is 12.5. The zero-order valence-electron chi connectivity index (χ0n) is 13.3. The van der Waals surface area contributed by atoms with Crippen molar-refractivity contribution >= 4 is 38.1 Å². The lowest BCUT2D eigenvalue weighted by molar-refractivity contribution is -0.387. The van der Waals surface area contributed by atoms with Gasteiger partial charge >= 0.3 is 0 Å². The van der Waals surface area contributed by atoms with Crippen LogP contribution in [-0.2, 0) is 20.8 Å². The van der Waals surface area contributed by atoms with E-state index in [2.05, 4.69) is 4.72 Å². The summed E-state index contributed by atoms with van der Waals surface area (Å²) in [4.78, 5) is 10.5. The number of nitrogens with one attached hydrogen (secondary N) is 1. The number of benzene rings is 2. The first kappa shape index (κ1) is 19.5. The molecule has 0 bridgehead atoms. The number of nitrogens with zero attached hydrogens (tertiary/aromatic N) is 1. The van der Waals surface area contributed by atoms with Crippen molar-refractivity contribution in [3.05, 3.63) is 63.2 Å². The molecule has 0 heterocycles. The summed E-state index contributed by atoms with van der Waals surface area (Å²) in [5, 5.41) is 11.2. The summed E-state index contributed by atoms with van der Waals surface area (Å²) < 4.78 is 38.8. The van der Waals surface area contributed by atoms with Gasteiger partial charge in [0.05, 0.1) is 4.92 Å². The largest absolute Gasteiger partial charge is 0.290 e. The number of hydrogen-bond donors (Lipinski definition) is 1. The van der Waals surface area contributed by atoms with Crippen molar-refractivity contribution in [3.8, 4) is 0 Å². The number of sulfonamides is 1. The number of nitro benzene ring substituents is 1. The first-order valence-electron chi connectivity index (χ1n) is 7.01. The molecule has 2 aromatic rings. The third kappa shape index (κ3) is 4.63. The Labute approximate surface area is 152 Å². The third-order valence-electron chi connectivity index (χ3n) is 3.45. The lowest BCUT2D eigenvalue weighted by atomic mass is 10.1. The van der Waals surface area contributed by atoms with E-state index >= 15 is 0 Å². The van der Waals surface area contributed by atoms with Gasteiger partial charge in [-0.2, -0.15) is 0 Å². The average molecular weight is 403 g/mol. The highest BCUT2D eigenvalue weighted by Crippen LogP contribution is 2.28. The molecular formula is C15H15ClN2O5S2. The quantitative estimate of drug-likeness (QED) is 0.590. The van der Waals surface area contributed by atoms with Crippen LogP contribution in [0.4, 0.5) is 5.69 Å². The molecule has 0 aliphatic carbocycles. The number of halogens is 1. The molecule has 0 saturated heterocycles.